The first-order valence-corrected chi connectivity index (χ1v) is 12.4. The number of carbonyl (C=O) groups is 3. The predicted octanol–water partition coefficient (Wildman–Crippen LogP) is 2.35. The second kappa shape index (κ2) is 9.30. The molecule has 0 aromatic heterocycles. The second-order valence-electron chi connectivity index (χ2n) is 10.0. The Kier molecular flexibility index (Phi) is 6.75. The molecule has 8 heteroatoms. The highest BCUT2D eigenvalue weighted by atomic mass is 16.6. The lowest BCUT2D eigenvalue weighted by Crippen LogP contribution is -2.57. The molecule has 186 valence electrons. The van der Waals surface area contributed by atoms with Crippen molar-refractivity contribution in [1.82, 2.24) is 10.2 Å². The molecule has 0 radical (unpaired) electrons. The SMILES string of the molecule is CCCC(C)NC(=O)C1N([C@H](CO)c2ccccc2)C(=O)[C@@H]2[C@@H](C(=O)OCC)[C@@]3(C)CCC12O3. The van der Waals surface area contributed by atoms with Crippen LogP contribution in [0, 0.1) is 11.8 Å². The molecule has 3 heterocycles. The van der Waals surface area contributed by atoms with E-state index in [0.717, 1.165) is 18.4 Å². The first-order chi connectivity index (χ1) is 16.2. The summed E-state index contributed by atoms with van der Waals surface area (Å²) in [5, 5.41) is 13.5. The minimum Gasteiger partial charge on any atom is -0.466 e. The summed E-state index contributed by atoms with van der Waals surface area (Å²) in [6.45, 7) is 7.41. The van der Waals surface area contributed by atoms with E-state index in [1.165, 1.54) is 4.90 Å². The number of ether oxygens (including phenoxy) is 2. The van der Waals surface area contributed by atoms with Gasteiger partial charge in [-0.3, -0.25) is 14.4 Å². The third kappa shape index (κ3) is 3.71. The minimum atomic E-state index is -1.14. The van der Waals surface area contributed by atoms with E-state index in [1.54, 1.807) is 6.92 Å². The van der Waals surface area contributed by atoms with Gasteiger partial charge in [-0.1, -0.05) is 43.7 Å². The van der Waals surface area contributed by atoms with Crippen LogP contribution in [-0.2, 0) is 23.9 Å². The van der Waals surface area contributed by atoms with Gasteiger partial charge in [0.2, 0.25) is 11.8 Å². The average Bonchev–Trinajstić information content (AvgIpc) is 3.36. The third-order valence-corrected chi connectivity index (χ3v) is 7.81. The van der Waals surface area contributed by atoms with Gasteiger partial charge in [0.05, 0.1) is 30.8 Å². The van der Waals surface area contributed by atoms with E-state index in [2.05, 4.69) is 5.32 Å². The highest BCUT2D eigenvalue weighted by Crippen LogP contribution is 2.64. The fourth-order valence-electron chi connectivity index (χ4n) is 6.45. The van der Waals surface area contributed by atoms with Gasteiger partial charge in [0.1, 0.15) is 17.6 Å². The number of likely N-dealkylation sites (tertiary alicyclic amines) is 1. The van der Waals surface area contributed by atoms with Crippen molar-refractivity contribution in [2.75, 3.05) is 13.2 Å². The number of rotatable bonds is 9. The smallest absolute Gasteiger partial charge is 0.312 e. The lowest BCUT2D eigenvalue weighted by molar-refractivity contribution is -0.160. The normalized spacial score (nSPS) is 33.5. The summed E-state index contributed by atoms with van der Waals surface area (Å²) in [7, 11) is 0. The molecule has 34 heavy (non-hydrogen) atoms. The quantitative estimate of drug-likeness (QED) is 0.535. The first-order valence-electron chi connectivity index (χ1n) is 12.4. The number of benzene rings is 1. The molecule has 8 nitrogen and oxygen atoms in total. The summed E-state index contributed by atoms with van der Waals surface area (Å²) in [6, 6.07) is 7.42. The monoisotopic (exact) mass is 472 g/mol. The topological polar surface area (TPSA) is 105 Å². The van der Waals surface area contributed by atoms with Crippen LogP contribution in [0.3, 0.4) is 0 Å². The minimum absolute atomic E-state index is 0.0794. The Morgan fingerprint density at radius 3 is 2.59 bits per heavy atom. The second-order valence-corrected chi connectivity index (χ2v) is 10.0. The van der Waals surface area contributed by atoms with Crippen molar-refractivity contribution in [3.05, 3.63) is 35.9 Å². The number of aliphatic hydroxyl groups excluding tert-OH is 1. The van der Waals surface area contributed by atoms with Crippen molar-refractivity contribution in [1.29, 1.82) is 0 Å². The number of fused-ring (bicyclic) bond motifs is 1. The van der Waals surface area contributed by atoms with Gasteiger partial charge in [-0.2, -0.15) is 0 Å². The molecule has 4 rings (SSSR count). The molecule has 1 spiro atoms. The van der Waals surface area contributed by atoms with Crippen molar-refractivity contribution in [3.63, 3.8) is 0 Å². The maximum absolute atomic E-state index is 14.1. The molecule has 3 aliphatic rings. The van der Waals surface area contributed by atoms with Gasteiger partial charge >= 0.3 is 5.97 Å². The Hall–Kier alpha value is -2.45. The average molecular weight is 473 g/mol. The van der Waals surface area contributed by atoms with Crippen molar-refractivity contribution < 1.29 is 29.0 Å². The van der Waals surface area contributed by atoms with Gasteiger partial charge in [0, 0.05) is 6.04 Å². The largest absolute Gasteiger partial charge is 0.466 e. The summed E-state index contributed by atoms with van der Waals surface area (Å²) in [5.41, 5.74) is -1.28. The van der Waals surface area contributed by atoms with E-state index in [9.17, 15) is 19.5 Å². The Labute approximate surface area is 201 Å². The van der Waals surface area contributed by atoms with Gasteiger partial charge in [-0.25, -0.2) is 0 Å². The van der Waals surface area contributed by atoms with Crippen LogP contribution >= 0.6 is 0 Å². The first kappa shape index (κ1) is 24.7. The van der Waals surface area contributed by atoms with Crippen molar-refractivity contribution in [2.45, 2.75) is 82.7 Å². The van der Waals surface area contributed by atoms with Crippen LogP contribution in [0.4, 0.5) is 0 Å². The molecule has 3 saturated heterocycles. The van der Waals surface area contributed by atoms with Crippen LogP contribution in [0.5, 0.6) is 0 Å². The molecular formula is C26H36N2O6. The molecule has 7 atom stereocenters. The zero-order valence-corrected chi connectivity index (χ0v) is 20.5. The highest BCUT2D eigenvalue weighted by Gasteiger charge is 2.78. The highest BCUT2D eigenvalue weighted by molar-refractivity contribution is 5.98. The van der Waals surface area contributed by atoms with Gasteiger partial charge in [0.15, 0.2) is 0 Å². The zero-order chi connectivity index (χ0) is 24.7. The number of nitrogens with one attached hydrogen (secondary N) is 1. The number of hydrogen-bond acceptors (Lipinski definition) is 6. The number of hydrogen-bond donors (Lipinski definition) is 2. The van der Waals surface area contributed by atoms with E-state index in [1.807, 2.05) is 51.1 Å². The van der Waals surface area contributed by atoms with E-state index < -0.39 is 41.1 Å². The molecule has 0 saturated carbocycles. The molecule has 1 aromatic rings. The number of nitrogens with zero attached hydrogens (tertiary/aromatic N) is 1. The molecule has 3 fully saturated rings. The molecular weight excluding hydrogens is 436 g/mol. The number of carbonyl (C=O) groups excluding carboxylic acids is 3. The zero-order valence-electron chi connectivity index (χ0n) is 20.5. The molecule has 2 N–H and O–H groups in total. The summed E-state index contributed by atoms with van der Waals surface area (Å²) in [4.78, 5) is 42.4. The van der Waals surface area contributed by atoms with E-state index in [4.69, 9.17) is 9.47 Å². The van der Waals surface area contributed by atoms with E-state index in [-0.39, 0.29) is 31.1 Å². The third-order valence-electron chi connectivity index (χ3n) is 7.81. The Bertz CT molecular complexity index is 938. The molecule has 2 bridgehead atoms. The standard InChI is InChI=1S/C26H36N2O6/c1-5-10-16(3)27-22(30)21-26-14-13-25(4,34-26)20(24(32)33-6-2)19(26)23(31)28(21)18(15-29)17-11-8-7-9-12-17/h7-9,11-12,16,18-21,29H,5-6,10,13-15H2,1-4H3,(H,27,30)/t16?,18-,19+,20+,21?,25-,26?/m1/s1. The summed E-state index contributed by atoms with van der Waals surface area (Å²) < 4.78 is 11.9. The van der Waals surface area contributed by atoms with Gasteiger partial charge in [-0.05, 0) is 45.6 Å². The van der Waals surface area contributed by atoms with Crippen LogP contribution in [-0.4, -0.2) is 64.3 Å². The van der Waals surface area contributed by atoms with Gasteiger partial charge in [0.25, 0.3) is 0 Å². The molecule has 1 aromatic carbocycles. The Morgan fingerprint density at radius 1 is 1.26 bits per heavy atom. The van der Waals surface area contributed by atoms with E-state index in [0.29, 0.717) is 12.8 Å². The van der Waals surface area contributed by atoms with Crippen LogP contribution in [0.25, 0.3) is 0 Å². The maximum atomic E-state index is 14.1. The fourth-order valence-corrected chi connectivity index (χ4v) is 6.45. The lowest BCUT2D eigenvalue weighted by atomic mass is 9.66. The Morgan fingerprint density at radius 2 is 1.97 bits per heavy atom. The van der Waals surface area contributed by atoms with Crippen molar-refractivity contribution >= 4 is 17.8 Å². The number of esters is 1. The van der Waals surface area contributed by atoms with Crippen molar-refractivity contribution in [3.8, 4) is 0 Å². The van der Waals surface area contributed by atoms with Gasteiger partial charge in [-0.15, -0.1) is 0 Å². The van der Waals surface area contributed by atoms with Crippen LogP contribution in [0.15, 0.2) is 30.3 Å². The fraction of sp³-hybridized carbons (Fsp3) is 0.654. The van der Waals surface area contributed by atoms with Crippen molar-refractivity contribution in [2.24, 2.45) is 11.8 Å². The van der Waals surface area contributed by atoms with Crippen LogP contribution in [0.2, 0.25) is 0 Å². The van der Waals surface area contributed by atoms with Crippen LogP contribution < -0.4 is 5.32 Å². The molecule has 0 aliphatic carbocycles. The Balaban J connectivity index is 1.80. The summed E-state index contributed by atoms with van der Waals surface area (Å²) in [6.07, 6.45) is 2.75. The molecule has 2 amide bonds. The summed E-state index contributed by atoms with van der Waals surface area (Å²) in [5.74, 6) is -2.74. The summed E-state index contributed by atoms with van der Waals surface area (Å²) >= 11 is 0. The van der Waals surface area contributed by atoms with Crippen LogP contribution in [0.1, 0.15) is 65.0 Å². The van der Waals surface area contributed by atoms with E-state index >= 15 is 0 Å². The molecule has 3 unspecified atom stereocenters. The molecule has 3 aliphatic heterocycles. The van der Waals surface area contributed by atoms with Gasteiger partial charge < -0.3 is 24.8 Å². The lowest BCUT2D eigenvalue weighted by Gasteiger charge is -2.37. The number of amides is 2. The number of aliphatic hydroxyl groups is 1. The predicted molar refractivity (Wildman–Crippen MR) is 124 cm³/mol. The maximum Gasteiger partial charge on any atom is 0.312 e.